The second-order valence-electron chi connectivity index (χ2n) is 2.87. The lowest BCUT2D eigenvalue weighted by Crippen LogP contribution is -1.84. The van der Waals surface area contributed by atoms with Crippen LogP contribution >= 0.6 is 12.6 Å². The predicted octanol–water partition coefficient (Wildman–Crippen LogP) is 3.24. The number of hydrogen-bond acceptors (Lipinski definition) is 1. The van der Waals surface area contributed by atoms with Gasteiger partial charge in [-0.25, -0.2) is 0 Å². The Hall–Kier alpha value is -0.430. The first-order valence-electron chi connectivity index (χ1n) is 4.02. The zero-order valence-corrected chi connectivity index (χ0v) is 7.99. The van der Waals surface area contributed by atoms with Gasteiger partial charge < -0.3 is 0 Å². The van der Waals surface area contributed by atoms with Crippen molar-refractivity contribution in [3.63, 3.8) is 0 Å². The van der Waals surface area contributed by atoms with Gasteiger partial charge in [-0.05, 0) is 30.5 Å². The van der Waals surface area contributed by atoms with E-state index >= 15 is 0 Å². The molecule has 11 heavy (non-hydrogen) atoms. The summed E-state index contributed by atoms with van der Waals surface area (Å²) in [6.45, 7) is 4.30. The van der Waals surface area contributed by atoms with Crippen LogP contribution in [0.15, 0.2) is 23.1 Å². The van der Waals surface area contributed by atoms with E-state index in [0.29, 0.717) is 0 Å². The van der Waals surface area contributed by atoms with Crippen LogP contribution < -0.4 is 0 Å². The monoisotopic (exact) mass is 166 g/mol. The summed E-state index contributed by atoms with van der Waals surface area (Å²) in [4.78, 5) is 1.09. The molecule has 0 radical (unpaired) electrons. The summed E-state index contributed by atoms with van der Waals surface area (Å²) < 4.78 is 0. The van der Waals surface area contributed by atoms with Crippen molar-refractivity contribution in [3.8, 4) is 0 Å². The first-order chi connectivity index (χ1) is 5.24. The van der Waals surface area contributed by atoms with Gasteiger partial charge in [-0.1, -0.05) is 25.5 Å². The van der Waals surface area contributed by atoms with Crippen molar-refractivity contribution in [2.24, 2.45) is 0 Å². The van der Waals surface area contributed by atoms with E-state index in [2.05, 4.69) is 44.7 Å². The van der Waals surface area contributed by atoms with Crippen molar-refractivity contribution < 1.29 is 0 Å². The maximum Gasteiger partial charge on any atom is 0.00694 e. The van der Waals surface area contributed by atoms with Gasteiger partial charge in [-0.3, -0.25) is 0 Å². The van der Waals surface area contributed by atoms with Gasteiger partial charge >= 0.3 is 0 Å². The maximum absolute atomic E-state index is 4.31. The average molecular weight is 166 g/mol. The van der Waals surface area contributed by atoms with E-state index in [-0.39, 0.29) is 0 Å². The third-order valence-corrected chi connectivity index (χ3v) is 2.30. The van der Waals surface area contributed by atoms with Gasteiger partial charge in [0, 0.05) is 4.90 Å². The molecule has 1 aromatic rings. The van der Waals surface area contributed by atoms with E-state index in [1.54, 1.807) is 0 Å². The van der Waals surface area contributed by atoms with Crippen molar-refractivity contribution in [3.05, 3.63) is 29.3 Å². The summed E-state index contributed by atoms with van der Waals surface area (Å²) in [6, 6.07) is 6.44. The number of thiol groups is 1. The molecule has 0 unspecified atom stereocenters. The average Bonchev–Trinajstić information content (AvgIpc) is 1.98. The molecule has 0 bridgehead atoms. The second-order valence-corrected chi connectivity index (χ2v) is 3.35. The minimum Gasteiger partial charge on any atom is -0.143 e. The lowest BCUT2D eigenvalue weighted by molar-refractivity contribution is 0.917. The summed E-state index contributed by atoms with van der Waals surface area (Å²) in [5, 5.41) is 0. The highest BCUT2D eigenvalue weighted by molar-refractivity contribution is 7.80. The summed E-state index contributed by atoms with van der Waals surface area (Å²) in [7, 11) is 0. The Labute approximate surface area is 74.0 Å². The fourth-order valence-corrected chi connectivity index (χ4v) is 1.30. The molecule has 0 heterocycles. The maximum atomic E-state index is 4.31. The molecule has 1 aromatic carbocycles. The van der Waals surface area contributed by atoms with Crippen LogP contribution in [-0.4, -0.2) is 0 Å². The van der Waals surface area contributed by atoms with Crippen LogP contribution in [0.2, 0.25) is 0 Å². The lowest BCUT2D eigenvalue weighted by atomic mass is 10.1. The third kappa shape index (κ3) is 2.26. The highest BCUT2D eigenvalue weighted by Gasteiger charge is 1.94. The molecule has 0 atom stereocenters. The molecule has 0 aromatic heterocycles. The largest absolute Gasteiger partial charge is 0.143 e. The van der Waals surface area contributed by atoms with Gasteiger partial charge in [0.2, 0.25) is 0 Å². The van der Waals surface area contributed by atoms with Gasteiger partial charge in [-0.2, -0.15) is 0 Å². The SMILES string of the molecule is CCCc1ccc(S)c(C)c1. The molecule has 0 saturated heterocycles. The van der Waals surface area contributed by atoms with Crippen molar-refractivity contribution in [1.29, 1.82) is 0 Å². The molecule has 0 aliphatic heterocycles. The zero-order valence-electron chi connectivity index (χ0n) is 7.09. The molecule has 0 spiro atoms. The summed E-state index contributed by atoms with van der Waals surface area (Å²) >= 11 is 4.31. The molecule has 0 N–H and O–H groups in total. The standard InChI is InChI=1S/C10H14S/c1-3-4-9-5-6-10(11)8(2)7-9/h5-7,11H,3-4H2,1-2H3. The first-order valence-corrected chi connectivity index (χ1v) is 4.47. The highest BCUT2D eigenvalue weighted by Crippen LogP contribution is 2.15. The van der Waals surface area contributed by atoms with Crippen LogP contribution in [0.3, 0.4) is 0 Å². The fourth-order valence-electron chi connectivity index (χ4n) is 1.16. The lowest BCUT2D eigenvalue weighted by Gasteiger charge is -2.02. The highest BCUT2D eigenvalue weighted by atomic mass is 32.1. The van der Waals surface area contributed by atoms with E-state index in [0.717, 1.165) is 4.90 Å². The molecule has 0 fully saturated rings. The van der Waals surface area contributed by atoms with Crippen molar-refractivity contribution >= 4 is 12.6 Å². The van der Waals surface area contributed by atoms with E-state index in [9.17, 15) is 0 Å². The van der Waals surface area contributed by atoms with Gasteiger partial charge in [-0.15, -0.1) is 12.6 Å². The Morgan fingerprint density at radius 1 is 1.36 bits per heavy atom. The topological polar surface area (TPSA) is 0 Å². The normalized spacial score (nSPS) is 10.1. The second kappa shape index (κ2) is 3.82. The Morgan fingerprint density at radius 3 is 2.64 bits per heavy atom. The van der Waals surface area contributed by atoms with Crippen molar-refractivity contribution in [2.75, 3.05) is 0 Å². The Balaban J connectivity index is 2.86. The van der Waals surface area contributed by atoms with Crippen LogP contribution in [0.1, 0.15) is 24.5 Å². The molecule has 0 nitrogen and oxygen atoms in total. The van der Waals surface area contributed by atoms with E-state index < -0.39 is 0 Å². The minimum atomic E-state index is 1.09. The van der Waals surface area contributed by atoms with Gasteiger partial charge in [0.05, 0.1) is 0 Å². The van der Waals surface area contributed by atoms with Crippen LogP contribution in [0.25, 0.3) is 0 Å². The van der Waals surface area contributed by atoms with Crippen molar-refractivity contribution in [2.45, 2.75) is 31.6 Å². The number of aryl methyl sites for hydroxylation is 2. The summed E-state index contributed by atoms with van der Waals surface area (Å²) in [6.07, 6.45) is 2.39. The van der Waals surface area contributed by atoms with Crippen LogP contribution in [0.4, 0.5) is 0 Å². The van der Waals surface area contributed by atoms with Crippen LogP contribution in [0.5, 0.6) is 0 Å². The Kier molecular flexibility index (Phi) is 3.01. The summed E-state index contributed by atoms with van der Waals surface area (Å²) in [5.74, 6) is 0. The predicted molar refractivity (Wildman–Crippen MR) is 52.4 cm³/mol. The Bertz CT molecular complexity index is 241. The minimum absolute atomic E-state index is 1.09. The molecule has 0 amide bonds. The van der Waals surface area contributed by atoms with Gasteiger partial charge in [0.15, 0.2) is 0 Å². The molecule has 0 aliphatic rings. The Morgan fingerprint density at radius 2 is 2.09 bits per heavy atom. The number of benzene rings is 1. The molecule has 0 aliphatic carbocycles. The van der Waals surface area contributed by atoms with Crippen LogP contribution in [0, 0.1) is 6.92 Å². The summed E-state index contributed by atoms with van der Waals surface area (Å²) in [5.41, 5.74) is 2.70. The van der Waals surface area contributed by atoms with Crippen LogP contribution in [-0.2, 0) is 6.42 Å². The molecule has 1 heteroatoms. The first kappa shape index (κ1) is 8.66. The van der Waals surface area contributed by atoms with E-state index in [1.165, 1.54) is 24.0 Å². The molecular weight excluding hydrogens is 152 g/mol. The third-order valence-electron chi connectivity index (χ3n) is 1.80. The zero-order chi connectivity index (χ0) is 8.27. The quantitative estimate of drug-likeness (QED) is 0.641. The molecule has 0 saturated carbocycles. The molecular formula is C10H14S. The molecule has 1 rings (SSSR count). The van der Waals surface area contributed by atoms with E-state index in [1.807, 2.05) is 0 Å². The molecule has 60 valence electrons. The van der Waals surface area contributed by atoms with Gasteiger partial charge in [0.1, 0.15) is 0 Å². The van der Waals surface area contributed by atoms with Crippen molar-refractivity contribution in [1.82, 2.24) is 0 Å². The van der Waals surface area contributed by atoms with Gasteiger partial charge in [0.25, 0.3) is 0 Å². The fraction of sp³-hybridized carbons (Fsp3) is 0.400. The number of rotatable bonds is 2. The smallest absolute Gasteiger partial charge is 0.00694 e. The van der Waals surface area contributed by atoms with E-state index in [4.69, 9.17) is 0 Å². The number of hydrogen-bond donors (Lipinski definition) is 1.